The molecular formula is C20H32FN3O2+2. The third-order valence-corrected chi connectivity index (χ3v) is 6.04. The zero-order valence-electron chi connectivity index (χ0n) is 15.7. The lowest BCUT2D eigenvalue weighted by molar-refractivity contribution is -0.975. The molecule has 1 heterocycles. The average Bonchev–Trinajstić information content (AvgIpc) is 2.69. The van der Waals surface area contributed by atoms with Gasteiger partial charge in [0.15, 0.2) is 6.04 Å². The molecule has 0 radical (unpaired) electrons. The molecule has 2 aliphatic rings. The van der Waals surface area contributed by atoms with E-state index in [9.17, 15) is 9.18 Å². The molecule has 5 nitrogen and oxygen atoms in total. The second-order valence-corrected chi connectivity index (χ2v) is 7.78. The number of morpholine rings is 1. The molecule has 0 spiro atoms. The van der Waals surface area contributed by atoms with Crippen molar-refractivity contribution in [3.05, 3.63) is 30.1 Å². The Bertz CT molecular complexity index is 581. The highest BCUT2D eigenvalue weighted by Gasteiger charge is 2.44. The van der Waals surface area contributed by atoms with E-state index in [1.54, 1.807) is 17.0 Å². The van der Waals surface area contributed by atoms with Crippen LogP contribution in [-0.4, -0.2) is 50.3 Å². The lowest BCUT2D eigenvalue weighted by atomic mass is 9.79. The highest BCUT2D eigenvalue weighted by Crippen LogP contribution is 2.24. The van der Waals surface area contributed by atoms with E-state index in [4.69, 9.17) is 4.74 Å². The van der Waals surface area contributed by atoms with Crippen LogP contribution in [0.1, 0.15) is 39.0 Å². The highest BCUT2D eigenvalue weighted by molar-refractivity contribution is 5.93. The molecule has 1 aliphatic heterocycles. The van der Waals surface area contributed by atoms with Crippen LogP contribution < -0.4 is 15.5 Å². The summed E-state index contributed by atoms with van der Waals surface area (Å²) in [5.41, 5.74) is 0.912. The molecule has 144 valence electrons. The molecule has 1 saturated carbocycles. The number of ether oxygens (including phenoxy) is 1. The van der Waals surface area contributed by atoms with Crippen LogP contribution in [0.2, 0.25) is 0 Å². The van der Waals surface area contributed by atoms with Crippen molar-refractivity contribution >= 4 is 11.6 Å². The Kier molecular flexibility index (Phi) is 6.62. The van der Waals surface area contributed by atoms with E-state index in [0.717, 1.165) is 32.8 Å². The molecule has 6 heteroatoms. The lowest BCUT2D eigenvalue weighted by Gasteiger charge is -2.43. The second kappa shape index (κ2) is 8.93. The minimum atomic E-state index is -0.296. The van der Waals surface area contributed by atoms with Gasteiger partial charge in [0.1, 0.15) is 31.0 Å². The number of hydrogen-bond donors (Lipinski definition) is 3. The number of nitrogens with two attached hydrogens (primary N) is 1. The topological polar surface area (TPSA) is 59.4 Å². The largest absolute Gasteiger partial charge is 0.370 e. The van der Waals surface area contributed by atoms with Gasteiger partial charge in [-0.05, 0) is 44.0 Å². The predicted octanol–water partition coefficient (Wildman–Crippen LogP) is 0.334. The molecule has 26 heavy (non-hydrogen) atoms. The van der Waals surface area contributed by atoms with Gasteiger partial charge in [-0.15, -0.1) is 0 Å². The summed E-state index contributed by atoms with van der Waals surface area (Å²) >= 11 is 0. The Balaban J connectivity index is 1.57. The molecule has 1 saturated heterocycles. The fourth-order valence-corrected chi connectivity index (χ4v) is 4.38. The predicted molar refractivity (Wildman–Crippen MR) is 98.6 cm³/mol. The Morgan fingerprint density at radius 3 is 2.54 bits per heavy atom. The maximum absolute atomic E-state index is 13.0. The van der Waals surface area contributed by atoms with Crippen LogP contribution in [0.4, 0.5) is 10.1 Å². The molecule has 1 aromatic rings. The standard InChI is InChI=1S/C20H30FN3O2/c1-16(19(25)23-18-7-5-17(21)6-8-18)22-15-20(9-3-2-4-10-20)24-11-13-26-14-12-24/h5-8,16,22H,2-4,9-15H2,1H3,(H,23,25)/p+2/t16-/m1/s1. The van der Waals surface area contributed by atoms with Gasteiger partial charge in [0, 0.05) is 18.5 Å². The van der Waals surface area contributed by atoms with Crippen molar-refractivity contribution in [2.24, 2.45) is 0 Å². The lowest BCUT2D eigenvalue weighted by Crippen LogP contribution is -3.25. The molecule has 0 aromatic heterocycles. The Labute approximate surface area is 155 Å². The van der Waals surface area contributed by atoms with Crippen molar-refractivity contribution in [1.82, 2.24) is 0 Å². The first-order valence-electron chi connectivity index (χ1n) is 9.92. The van der Waals surface area contributed by atoms with Gasteiger partial charge in [-0.25, -0.2) is 4.39 Å². The maximum atomic E-state index is 13.0. The minimum absolute atomic E-state index is 0.0282. The minimum Gasteiger partial charge on any atom is -0.370 e. The first kappa shape index (κ1) is 19.3. The van der Waals surface area contributed by atoms with E-state index in [1.165, 1.54) is 44.2 Å². The number of nitrogens with one attached hydrogen (secondary N) is 2. The summed E-state index contributed by atoms with van der Waals surface area (Å²) in [4.78, 5) is 14.1. The molecule has 1 aliphatic carbocycles. The summed E-state index contributed by atoms with van der Waals surface area (Å²) < 4.78 is 18.6. The van der Waals surface area contributed by atoms with E-state index in [1.807, 2.05) is 6.92 Å². The molecule has 3 rings (SSSR count). The SMILES string of the molecule is C[C@@H]([NH2+]CC1([NH+]2CCOCC2)CCCCC1)C(=O)Nc1ccc(F)cc1. The van der Waals surface area contributed by atoms with Gasteiger partial charge in [0.05, 0.1) is 13.2 Å². The number of anilines is 1. The Morgan fingerprint density at radius 1 is 1.23 bits per heavy atom. The Hall–Kier alpha value is -1.50. The van der Waals surface area contributed by atoms with Crippen molar-refractivity contribution in [3.63, 3.8) is 0 Å². The molecule has 1 aromatic carbocycles. The Morgan fingerprint density at radius 2 is 1.88 bits per heavy atom. The summed E-state index contributed by atoms with van der Waals surface area (Å²) in [6.07, 6.45) is 6.38. The zero-order valence-corrected chi connectivity index (χ0v) is 15.7. The number of carbonyl (C=O) groups is 1. The fraction of sp³-hybridized carbons (Fsp3) is 0.650. The van der Waals surface area contributed by atoms with Crippen LogP contribution in [0.3, 0.4) is 0 Å². The molecular weight excluding hydrogens is 333 g/mol. The molecule has 2 fully saturated rings. The van der Waals surface area contributed by atoms with Gasteiger partial charge in [0.25, 0.3) is 5.91 Å². The maximum Gasteiger partial charge on any atom is 0.282 e. The summed E-state index contributed by atoms with van der Waals surface area (Å²) in [6.45, 7) is 6.76. The van der Waals surface area contributed by atoms with Crippen LogP contribution in [0.15, 0.2) is 24.3 Å². The average molecular weight is 365 g/mol. The normalized spacial score (nSPS) is 21.9. The van der Waals surface area contributed by atoms with Gasteiger partial charge in [0.2, 0.25) is 0 Å². The zero-order chi connectivity index (χ0) is 18.4. The van der Waals surface area contributed by atoms with Crippen molar-refractivity contribution in [2.45, 2.75) is 50.6 Å². The van der Waals surface area contributed by atoms with Crippen molar-refractivity contribution in [2.75, 3.05) is 38.2 Å². The van der Waals surface area contributed by atoms with Gasteiger partial charge in [-0.2, -0.15) is 0 Å². The smallest absolute Gasteiger partial charge is 0.282 e. The number of quaternary nitrogens is 2. The molecule has 4 N–H and O–H groups in total. The summed E-state index contributed by atoms with van der Waals surface area (Å²) in [5, 5.41) is 5.07. The number of rotatable bonds is 6. The summed E-state index contributed by atoms with van der Waals surface area (Å²) in [7, 11) is 0. The number of halogens is 1. The molecule has 1 atom stereocenters. The van der Waals surface area contributed by atoms with E-state index >= 15 is 0 Å². The summed E-state index contributed by atoms with van der Waals surface area (Å²) in [5.74, 6) is -0.324. The first-order valence-corrected chi connectivity index (χ1v) is 9.92. The fourth-order valence-electron chi connectivity index (χ4n) is 4.38. The monoisotopic (exact) mass is 365 g/mol. The van der Waals surface area contributed by atoms with E-state index in [0.29, 0.717) is 5.69 Å². The van der Waals surface area contributed by atoms with Gasteiger partial charge >= 0.3 is 0 Å². The van der Waals surface area contributed by atoms with Gasteiger partial charge in [-0.3, -0.25) is 4.79 Å². The third kappa shape index (κ3) is 4.81. The van der Waals surface area contributed by atoms with Gasteiger partial charge in [-0.1, -0.05) is 6.42 Å². The van der Waals surface area contributed by atoms with Crippen molar-refractivity contribution in [3.8, 4) is 0 Å². The van der Waals surface area contributed by atoms with Crippen LogP contribution in [0.5, 0.6) is 0 Å². The van der Waals surface area contributed by atoms with Crippen molar-refractivity contribution < 1.29 is 24.1 Å². The quantitative estimate of drug-likeness (QED) is 0.681. The number of benzene rings is 1. The first-order chi connectivity index (χ1) is 12.6. The number of amides is 1. The van der Waals surface area contributed by atoms with Crippen LogP contribution >= 0.6 is 0 Å². The van der Waals surface area contributed by atoms with E-state index in [2.05, 4.69) is 10.6 Å². The van der Waals surface area contributed by atoms with E-state index in [-0.39, 0.29) is 23.3 Å². The van der Waals surface area contributed by atoms with Crippen LogP contribution in [0, 0.1) is 5.82 Å². The number of hydrogen-bond acceptors (Lipinski definition) is 2. The molecule has 0 unspecified atom stereocenters. The van der Waals surface area contributed by atoms with Gasteiger partial charge < -0.3 is 20.3 Å². The highest BCUT2D eigenvalue weighted by atomic mass is 19.1. The number of carbonyl (C=O) groups excluding carboxylic acids is 1. The van der Waals surface area contributed by atoms with E-state index < -0.39 is 0 Å². The second-order valence-electron chi connectivity index (χ2n) is 7.78. The van der Waals surface area contributed by atoms with Crippen LogP contribution in [-0.2, 0) is 9.53 Å². The molecule has 1 amide bonds. The third-order valence-electron chi connectivity index (χ3n) is 6.04. The summed E-state index contributed by atoms with van der Waals surface area (Å²) in [6, 6.07) is 5.76. The molecule has 0 bridgehead atoms. The van der Waals surface area contributed by atoms with Crippen LogP contribution in [0.25, 0.3) is 0 Å². The van der Waals surface area contributed by atoms with Crippen molar-refractivity contribution in [1.29, 1.82) is 0 Å².